The third kappa shape index (κ3) is 5.81. The van der Waals surface area contributed by atoms with E-state index in [4.69, 9.17) is 11.1 Å². The van der Waals surface area contributed by atoms with Crippen LogP contribution in [0.15, 0.2) is 0 Å². The SMILES string of the molecule is C[C@@H]1CCC(=N)N(C[C@@H](N)CC(=O)N2CCc3c(nc(C(F)(F)C(F)(F)F)nc3C(F)(F)F)C2)C1. The zero-order valence-corrected chi connectivity index (χ0v) is 18.6. The Morgan fingerprint density at radius 3 is 2.40 bits per heavy atom. The van der Waals surface area contributed by atoms with Gasteiger partial charge in [-0.1, -0.05) is 6.92 Å². The molecule has 0 aromatic carbocycles. The van der Waals surface area contributed by atoms with Gasteiger partial charge in [0.05, 0.1) is 18.1 Å². The highest BCUT2D eigenvalue weighted by Gasteiger charge is 2.62. The van der Waals surface area contributed by atoms with Crippen LogP contribution in [0.5, 0.6) is 0 Å². The summed E-state index contributed by atoms with van der Waals surface area (Å²) in [7, 11) is 0. The van der Waals surface area contributed by atoms with E-state index in [0.717, 1.165) is 11.3 Å². The molecule has 0 radical (unpaired) electrons. The van der Waals surface area contributed by atoms with Crippen LogP contribution in [0.2, 0.25) is 0 Å². The summed E-state index contributed by atoms with van der Waals surface area (Å²) in [4.78, 5) is 21.1. The molecule has 2 aliphatic heterocycles. The third-order valence-corrected chi connectivity index (χ3v) is 6.00. The second kappa shape index (κ2) is 9.47. The van der Waals surface area contributed by atoms with Crippen molar-refractivity contribution in [3.63, 3.8) is 0 Å². The number of piperidine rings is 1. The van der Waals surface area contributed by atoms with Gasteiger partial charge in [-0.3, -0.25) is 10.2 Å². The highest BCUT2D eigenvalue weighted by atomic mass is 19.4. The van der Waals surface area contributed by atoms with Crippen molar-refractivity contribution in [2.24, 2.45) is 11.7 Å². The summed E-state index contributed by atoms with van der Waals surface area (Å²) in [6.07, 6.45) is -10.8. The van der Waals surface area contributed by atoms with Gasteiger partial charge in [0.15, 0.2) is 5.69 Å². The van der Waals surface area contributed by atoms with Crippen molar-refractivity contribution in [2.45, 2.75) is 63.5 Å². The van der Waals surface area contributed by atoms with E-state index in [2.05, 4.69) is 9.97 Å². The van der Waals surface area contributed by atoms with Gasteiger partial charge in [0.2, 0.25) is 11.7 Å². The first-order valence-electron chi connectivity index (χ1n) is 10.8. The van der Waals surface area contributed by atoms with E-state index >= 15 is 0 Å². The van der Waals surface area contributed by atoms with Gasteiger partial charge in [0.1, 0.15) is 0 Å². The predicted molar refractivity (Wildman–Crippen MR) is 106 cm³/mol. The van der Waals surface area contributed by atoms with Crippen LogP contribution < -0.4 is 5.73 Å². The van der Waals surface area contributed by atoms with Crippen molar-refractivity contribution in [3.05, 3.63) is 22.8 Å². The van der Waals surface area contributed by atoms with Gasteiger partial charge in [0.25, 0.3) is 0 Å². The average Bonchev–Trinajstić information content (AvgIpc) is 2.73. The fourth-order valence-corrected chi connectivity index (χ4v) is 4.15. The van der Waals surface area contributed by atoms with E-state index in [-0.39, 0.29) is 19.5 Å². The smallest absolute Gasteiger partial charge is 0.359 e. The summed E-state index contributed by atoms with van der Waals surface area (Å²) in [6.45, 7) is 1.86. The number of nitrogens with one attached hydrogen (secondary N) is 1. The first-order chi connectivity index (χ1) is 16.0. The number of nitrogens with zero attached hydrogens (tertiary/aromatic N) is 4. The molecule has 3 rings (SSSR count). The molecule has 0 unspecified atom stereocenters. The molecular formula is C20H24F8N6O. The van der Waals surface area contributed by atoms with Crippen LogP contribution in [0.3, 0.4) is 0 Å². The van der Waals surface area contributed by atoms with E-state index in [9.17, 15) is 39.9 Å². The molecule has 1 fully saturated rings. The summed E-state index contributed by atoms with van der Waals surface area (Å²) in [5, 5.41) is 8.00. The van der Waals surface area contributed by atoms with Gasteiger partial charge in [-0.15, -0.1) is 0 Å². The van der Waals surface area contributed by atoms with Crippen molar-refractivity contribution >= 4 is 11.7 Å². The van der Waals surface area contributed by atoms with Gasteiger partial charge in [0, 0.05) is 44.1 Å². The second-order valence-corrected chi connectivity index (χ2v) is 8.92. The molecule has 3 N–H and O–H groups in total. The van der Waals surface area contributed by atoms with E-state index in [1.807, 2.05) is 6.92 Å². The second-order valence-electron chi connectivity index (χ2n) is 8.92. The minimum atomic E-state index is -6.21. The molecule has 0 spiro atoms. The number of aromatic nitrogens is 2. The molecule has 15 heteroatoms. The molecule has 2 aliphatic rings. The average molecular weight is 516 g/mol. The highest BCUT2D eigenvalue weighted by Crippen LogP contribution is 2.44. The molecular weight excluding hydrogens is 492 g/mol. The fraction of sp³-hybridized carbons (Fsp3) is 0.700. The van der Waals surface area contributed by atoms with Crippen LogP contribution in [0.1, 0.15) is 49.0 Å². The Kier molecular flexibility index (Phi) is 7.31. The Labute approximate surface area is 195 Å². The van der Waals surface area contributed by atoms with E-state index in [1.54, 1.807) is 4.90 Å². The van der Waals surface area contributed by atoms with Crippen molar-refractivity contribution in [2.75, 3.05) is 19.6 Å². The van der Waals surface area contributed by atoms with Crippen LogP contribution >= 0.6 is 0 Å². The molecule has 7 nitrogen and oxygen atoms in total. The van der Waals surface area contributed by atoms with Crippen molar-refractivity contribution < 1.29 is 39.9 Å². The van der Waals surface area contributed by atoms with Gasteiger partial charge < -0.3 is 15.5 Å². The summed E-state index contributed by atoms with van der Waals surface area (Å²) >= 11 is 0. The third-order valence-electron chi connectivity index (χ3n) is 6.00. The molecule has 1 saturated heterocycles. The number of halogens is 8. The number of amidine groups is 1. The number of likely N-dealkylation sites (tertiary alicyclic amines) is 1. The van der Waals surface area contributed by atoms with Crippen molar-refractivity contribution in [3.8, 4) is 0 Å². The van der Waals surface area contributed by atoms with E-state index < -0.39 is 66.0 Å². The zero-order valence-electron chi connectivity index (χ0n) is 18.6. The van der Waals surface area contributed by atoms with Crippen LogP contribution in [-0.2, 0) is 29.9 Å². The predicted octanol–water partition coefficient (Wildman–Crippen LogP) is 3.46. The van der Waals surface area contributed by atoms with Gasteiger partial charge in [-0.25, -0.2) is 9.97 Å². The molecule has 0 aliphatic carbocycles. The maximum atomic E-state index is 13.8. The normalized spacial score (nSPS) is 20.6. The van der Waals surface area contributed by atoms with Gasteiger partial charge in [-0.2, -0.15) is 35.1 Å². The number of fused-ring (bicyclic) bond motifs is 1. The summed E-state index contributed by atoms with van der Waals surface area (Å²) in [5.41, 5.74) is 2.83. The standard InChI is InChI=1S/C20H24F8N6O/c1-10-2-3-14(30)34(7-10)8-11(29)6-15(35)33-5-4-12-13(9-33)31-17(18(21,22)20(26,27)28)32-16(12)19(23,24)25/h10-11,30H,2-9,29H2,1H3/t10-,11+/m1/s1. The quantitative estimate of drug-likeness (QED) is 0.585. The van der Waals surface area contributed by atoms with Crippen LogP contribution in [0, 0.1) is 11.3 Å². The monoisotopic (exact) mass is 516 g/mol. The van der Waals surface area contributed by atoms with Crippen LogP contribution in [-0.4, -0.2) is 63.4 Å². The van der Waals surface area contributed by atoms with Crippen molar-refractivity contribution in [1.82, 2.24) is 19.8 Å². The summed E-state index contributed by atoms with van der Waals surface area (Å²) in [5.74, 6) is -7.94. The maximum Gasteiger partial charge on any atom is 0.461 e. The molecule has 1 amide bonds. The Bertz CT molecular complexity index is 980. The summed E-state index contributed by atoms with van der Waals surface area (Å²) < 4.78 is 106. The number of amides is 1. The number of carbonyl (C=O) groups is 1. The number of nitrogens with two attached hydrogens (primary N) is 1. The van der Waals surface area contributed by atoms with Crippen LogP contribution in [0.25, 0.3) is 0 Å². The van der Waals surface area contributed by atoms with Crippen molar-refractivity contribution in [1.29, 1.82) is 5.41 Å². The molecule has 0 saturated carbocycles. The van der Waals surface area contributed by atoms with Crippen LogP contribution in [0.4, 0.5) is 35.1 Å². The van der Waals surface area contributed by atoms with Gasteiger partial charge in [-0.05, 0) is 18.8 Å². The minimum Gasteiger partial charge on any atom is -0.359 e. The summed E-state index contributed by atoms with van der Waals surface area (Å²) in [6, 6.07) is -0.726. The molecule has 3 heterocycles. The van der Waals surface area contributed by atoms with Gasteiger partial charge >= 0.3 is 18.3 Å². The Morgan fingerprint density at radius 1 is 1.14 bits per heavy atom. The molecule has 1 aromatic rings. The maximum absolute atomic E-state index is 13.8. The highest BCUT2D eigenvalue weighted by molar-refractivity contribution is 5.80. The Morgan fingerprint density at radius 2 is 1.80 bits per heavy atom. The lowest BCUT2D eigenvalue weighted by atomic mass is 9.98. The number of carbonyl (C=O) groups excluding carboxylic acids is 1. The number of alkyl halides is 8. The molecule has 1 aromatic heterocycles. The number of hydrogen-bond acceptors (Lipinski definition) is 5. The molecule has 35 heavy (non-hydrogen) atoms. The largest absolute Gasteiger partial charge is 0.461 e. The Hall–Kier alpha value is -2.58. The molecule has 196 valence electrons. The molecule has 0 bridgehead atoms. The number of rotatable bonds is 5. The lowest BCUT2D eigenvalue weighted by Gasteiger charge is -2.35. The van der Waals surface area contributed by atoms with E-state index in [1.165, 1.54) is 0 Å². The minimum absolute atomic E-state index is 0.196. The van der Waals surface area contributed by atoms with E-state index in [0.29, 0.717) is 24.7 Å². The first kappa shape index (κ1) is 27.0. The lowest BCUT2D eigenvalue weighted by molar-refractivity contribution is -0.293. The fourth-order valence-electron chi connectivity index (χ4n) is 4.15. The first-order valence-corrected chi connectivity index (χ1v) is 10.8. The zero-order chi connectivity index (χ0) is 26.3. The molecule has 2 atom stereocenters. The lowest BCUT2D eigenvalue weighted by Crippen LogP contribution is -2.48. The number of hydrogen-bond donors (Lipinski definition) is 2. The Balaban J connectivity index is 1.79. The topological polar surface area (TPSA) is 99.2 Å².